The Labute approximate surface area is 99.9 Å². The van der Waals surface area contributed by atoms with Gasteiger partial charge in [0.05, 0.1) is 19.0 Å². The van der Waals surface area contributed by atoms with Crippen LogP contribution in [0.3, 0.4) is 0 Å². The maximum absolute atomic E-state index is 10.6. The molecule has 1 heterocycles. The van der Waals surface area contributed by atoms with Crippen LogP contribution in [0.5, 0.6) is 5.88 Å². The minimum Gasteiger partial charge on any atom is -0.478 e. The van der Waals surface area contributed by atoms with Crippen molar-refractivity contribution in [2.24, 2.45) is 0 Å². The average molecular weight is 236 g/mol. The minimum atomic E-state index is -0.0349. The molecule has 0 saturated carbocycles. The van der Waals surface area contributed by atoms with E-state index in [1.807, 2.05) is 6.08 Å². The highest BCUT2D eigenvalue weighted by Gasteiger charge is 2.01. The van der Waals surface area contributed by atoms with Crippen LogP contribution >= 0.6 is 0 Å². The Bertz CT molecular complexity index is 418. The zero-order chi connectivity index (χ0) is 12.7. The number of hydrogen-bond donors (Lipinski definition) is 2. The van der Waals surface area contributed by atoms with Crippen molar-refractivity contribution in [2.75, 3.05) is 19.4 Å². The molecule has 0 aliphatic carbocycles. The molecule has 1 amide bonds. The van der Waals surface area contributed by atoms with E-state index in [1.165, 1.54) is 14.0 Å². The third-order valence-corrected chi connectivity index (χ3v) is 1.95. The number of methoxy groups -OCH3 is 1. The number of nitrogen functional groups attached to an aromatic ring is 1. The molecular weight excluding hydrogens is 220 g/mol. The van der Waals surface area contributed by atoms with Gasteiger partial charge >= 0.3 is 0 Å². The molecule has 0 aromatic carbocycles. The quantitative estimate of drug-likeness (QED) is 0.731. The van der Waals surface area contributed by atoms with Crippen LogP contribution in [-0.4, -0.2) is 29.5 Å². The van der Waals surface area contributed by atoms with Crippen LogP contribution in [0.4, 0.5) is 5.82 Å². The Morgan fingerprint density at radius 2 is 2.41 bits per heavy atom. The number of hydrogen-bond acceptors (Lipinski definition) is 5. The second-order valence-corrected chi connectivity index (χ2v) is 3.36. The Morgan fingerprint density at radius 3 is 3.06 bits per heavy atom. The van der Waals surface area contributed by atoms with E-state index in [2.05, 4.69) is 15.3 Å². The number of nitrogens with one attached hydrogen (secondary N) is 1. The fourth-order valence-electron chi connectivity index (χ4n) is 1.16. The predicted octanol–water partition coefficient (Wildman–Crippen LogP) is 0.607. The van der Waals surface area contributed by atoms with Crippen LogP contribution in [0, 0.1) is 0 Å². The summed E-state index contributed by atoms with van der Waals surface area (Å²) in [4.78, 5) is 18.7. The first kappa shape index (κ1) is 13.0. The van der Waals surface area contributed by atoms with Crippen molar-refractivity contribution >= 4 is 17.8 Å². The molecule has 0 atom stereocenters. The molecule has 0 aliphatic rings. The third-order valence-electron chi connectivity index (χ3n) is 1.95. The molecule has 0 aliphatic heterocycles. The molecule has 0 unspecified atom stereocenters. The van der Waals surface area contributed by atoms with Gasteiger partial charge in [-0.3, -0.25) is 4.79 Å². The summed E-state index contributed by atoms with van der Waals surface area (Å²) in [5.74, 6) is 0.546. The first-order chi connectivity index (χ1) is 8.13. The summed E-state index contributed by atoms with van der Waals surface area (Å²) in [6.07, 6.45) is 5.99. The fraction of sp³-hybridized carbons (Fsp3) is 0.364. The first-order valence-electron chi connectivity index (χ1n) is 5.21. The molecule has 1 aromatic heterocycles. The van der Waals surface area contributed by atoms with Gasteiger partial charge < -0.3 is 15.8 Å². The van der Waals surface area contributed by atoms with Crippen LogP contribution < -0.4 is 15.8 Å². The van der Waals surface area contributed by atoms with Crippen LogP contribution in [0.25, 0.3) is 6.08 Å². The first-order valence-corrected chi connectivity index (χ1v) is 5.21. The molecule has 0 saturated heterocycles. The molecule has 3 N–H and O–H groups in total. The molecule has 0 fully saturated rings. The van der Waals surface area contributed by atoms with Crippen molar-refractivity contribution < 1.29 is 9.53 Å². The normalized spacial score (nSPS) is 10.5. The minimum absolute atomic E-state index is 0.0349. The summed E-state index contributed by atoms with van der Waals surface area (Å²) in [7, 11) is 1.49. The number of aromatic nitrogens is 2. The number of amides is 1. The second kappa shape index (κ2) is 6.47. The summed E-state index contributed by atoms with van der Waals surface area (Å²) in [5, 5.41) is 2.69. The Hall–Kier alpha value is -2.11. The molecule has 6 heteroatoms. The van der Waals surface area contributed by atoms with Gasteiger partial charge in [0.25, 0.3) is 5.88 Å². The van der Waals surface area contributed by atoms with Crippen molar-refractivity contribution in [1.82, 2.24) is 15.3 Å². The van der Waals surface area contributed by atoms with Crippen LogP contribution in [-0.2, 0) is 4.79 Å². The van der Waals surface area contributed by atoms with Gasteiger partial charge in [-0.05, 0) is 12.5 Å². The number of ether oxygens (including phenoxy) is 1. The largest absolute Gasteiger partial charge is 0.478 e. The third kappa shape index (κ3) is 4.50. The number of carbonyl (C=O) groups is 1. The molecule has 1 aromatic rings. The van der Waals surface area contributed by atoms with Crippen LogP contribution in [0.2, 0.25) is 0 Å². The summed E-state index contributed by atoms with van der Waals surface area (Å²) in [5.41, 5.74) is 6.21. The SMILES string of the molecule is COc1nc(C=CCCNC(C)=O)cnc1N. The average Bonchev–Trinajstić information content (AvgIpc) is 2.30. The Morgan fingerprint density at radius 1 is 1.65 bits per heavy atom. The second-order valence-electron chi connectivity index (χ2n) is 3.36. The number of anilines is 1. The zero-order valence-electron chi connectivity index (χ0n) is 9.93. The van der Waals surface area contributed by atoms with Gasteiger partial charge in [-0.2, -0.15) is 0 Å². The fourth-order valence-corrected chi connectivity index (χ4v) is 1.16. The van der Waals surface area contributed by atoms with E-state index in [0.717, 1.165) is 6.42 Å². The highest BCUT2D eigenvalue weighted by Crippen LogP contribution is 2.14. The topological polar surface area (TPSA) is 90.1 Å². The van der Waals surface area contributed by atoms with Gasteiger partial charge in [0, 0.05) is 13.5 Å². The lowest BCUT2D eigenvalue weighted by molar-refractivity contribution is -0.118. The van der Waals surface area contributed by atoms with Gasteiger partial charge in [0.15, 0.2) is 5.82 Å². The molecule has 0 radical (unpaired) electrons. The van der Waals surface area contributed by atoms with E-state index in [1.54, 1.807) is 12.3 Å². The van der Waals surface area contributed by atoms with Gasteiger partial charge in [0.1, 0.15) is 0 Å². The van der Waals surface area contributed by atoms with Crippen molar-refractivity contribution in [2.45, 2.75) is 13.3 Å². The van der Waals surface area contributed by atoms with Crippen molar-refractivity contribution in [1.29, 1.82) is 0 Å². The Balaban J connectivity index is 2.50. The van der Waals surface area contributed by atoms with E-state index in [4.69, 9.17) is 10.5 Å². The van der Waals surface area contributed by atoms with E-state index in [0.29, 0.717) is 18.1 Å². The molecule has 92 valence electrons. The number of nitrogens with two attached hydrogens (primary N) is 1. The van der Waals surface area contributed by atoms with Gasteiger partial charge in [0.2, 0.25) is 5.91 Å². The van der Waals surface area contributed by atoms with E-state index < -0.39 is 0 Å². The standard InChI is InChI=1S/C11H16N4O2/c1-8(16)13-6-4-3-5-9-7-14-10(12)11(15-9)17-2/h3,5,7H,4,6H2,1-2H3,(H2,12,14)(H,13,16). The molecule has 0 bridgehead atoms. The summed E-state index contributed by atoms with van der Waals surface area (Å²) in [6, 6.07) is 0. The van der Waals surface area contributed by atoms with E-state index in [9.17, 15) is 4.79 Å². The molecule has 6 nitrogen and oxygen atoms in total. The number of rotatable bonds is 5. The van der Waals surface area contributed by atoms with E-state index in [-0.39, 0.29) is 11.7 Å². The number of carbonyl (C=O) groups excluding carboxylic acids is 1. The van der Waals surface area contributed by atoms with Crippen molar-refractivity contribution in [3.63, 3.8) is 0 Å². The van der Waals surface area contributed by atoms with E-state index >= 15 is 0 Å². The summed E-state index contributed by atoms with van der Waals surface area (Å²) >= 11 is 0. The zero-order valence-corrected chi connectivity index (χ0v) is 9.93. The molecule has 1 rings (SSSR count). The number of nitrogens with zero attached hydrogens (tertiary/aromatic N) is 2. The lowest BCUT2D eigenvalue weighted by Gasteiger charge is -2.02. The van der Waals surface area contributed by atoms with Crippen LogP contribution in [0.15, 0.2) is 12.3 Å². The lowest BCUT2D eigenvalue weighted by Crippen LogP contribution is -2.20. The lowest BCUT2D eigenvalue weighted by atomic mass is 10.3. The van der Waals surface area contributed by atoms with Gasteiger partial charge in [-0.25, -0.2) is 9.97 Å². The highest BCUT2D eigenvalue weighted by molar-refractivity contribution is 5.72. The van der Waals surface area contributed by atoms with Crippen LogP contribution in [0.1, 0.15) is 19.0 Å². The smallest absolute Gasteiger partial charge is 0.257 e. The monoisotopic (exact) mass is 236 g/mol. The molecule has 17 heavy (non-hydrogen) atoms. The summed E-state index contributed by atoms with van der Waals surface area (Å²) < 4.78 is 4.96. The maximum Gasteiger partial charge on any atom is 0.257 e. The maximum atomic E-state index is 10.6. The summed E-state index contributed by atoms with van der Waals surface area (Å²) in [6.45, 7) is 2.09. The van der Waals surface area contributed by atoms with Gasteiger partial charge in [-0.1, -0.05) is 6.08 Å². The van der Waals surface area contributed by atoms with Gasteiger partial charge in [-0.15, -0.1) is 0 Å². The molecule has 0 spiro atoms. The van der Waals surface area contributed by atoms with Crippen molar-refractivity contribution in [3.8, 4) is 5.88 Å². The Kier molecular flexibility index (Phi) is 4.93. The highest BCUT2D eigenvalue weighted by atomic mass is 16.5. The van der Waals surface area contributed by atoms with Crippen molar-refractivity contribution in [3.05, 3.63) is 18.0 Å². The predicted molar refractivity (Wildman–Crippen MR) is 65.3 cm³/mol. The molecular formula is C11H16N4O2.